The summed E-state index contributed by atoms with van der Waals surface area (Å²) in [5.41, 5.74) is -0.529. The molecule has 5 heteroatoms. The third-order valence-electron chi connectivity index (χ3n) is 5.74. The molecule has 4 saturated carbocycles. The Labute approximate surface area is 128 Å². The summed E-state index contributed by atoms with van der Waals surface area (Å²) in [6.07, 6.45) is 6.45. The van der Waals surface area contributed by atoms with Crippen molar-refractivity contribution in [3.05, 3.63) is 34.4 Å². The number of nitrogens with zero attached hydrogens (tertiary/aromatic N) is 1. The molecule has 0 aromatic heterocycles. The molecule has 4 bridgehead atoms. The fourth-order valence-electron chi connectivity index (χ4n) is 5.26. The van der Waals surface area contributed by atoms with Gasteiger partial charge in [-0.1, -0.05) is 12.1 Å². The summed E-state index contributed by atoms with van der Waals surface area (Å²) >= 11 is 0. The predicted molar refractivity (Wildman–Crippen MR) is 79.3 cm³/mol. The van der Waals surface area contributed by atoms with E-state index in [1.807, 2.05) is 0 Å². The molecule has 0 saturated heterocycles. The Morgan fingerprint density at radius 1 is 1.09 bits per heavy atom. The van der Waals surface area contributed by atoms with Crippen LogP contribution in [0, 0.1) is 33.3 Å². The van der Waals surface area contributed by atoms with Gasteiger partial charge < -0.3 is 4.74 Å². The van der Waals surface area contributed by atoms with Crippen LogP contribution in [0.3, 0.4) is 0 Å². The van der Waals surface area contributed by atoms with Crippen LogP contribution in [0.2, 0.25) is 0 Å². The zero-order chi connectivity index (χ0) is 15.3. The molecule has 0 heterocycles. The Morgan fingerprint density at radius 2 is 1.64 bits per heavy atom. The van der Waals surface area contributed by atoms with Crippen LogP contribution in [0.25, 0.3) is 0 Å². The number of hydrogen-bond acceptors (Lipinski definition) is 4. The van der Waals surface area contributed by atoms with Gasteiger partial charge in [-0.3, -0.25) is 14.9 Å². The largest absolute Gasteiger partial charge is 0.419 e. The van der Waals surface area contributed by atoms with E-state index in [1.165, 1.54) is 31.4 Å². The van der Waals surface area contributed by atoms with Crippen molar-refractivity contribution in [3.63, 3.8) is 0 Å². The predicted octanol–water partition coefficient (Wildman–Crippen LogP) is 3.72. The van der Waals surface area contributed by atoms with Gasteiger partial charge in [0.05, 0.1) is 10.3 Å². The number of carbonyl (C=O) groups is 1. The fraction of sp³-hybridized carbons (Fsp3) is 0.588. The minimum absolute atomic E-state index is 0.0771. The number of para-hydroxylation sites is 2. The third-order valence-corrected chi connectivity index (χ3v) is 5.74. The fourth-order valence-corrected chi connectivity index (χ4v) is 5.26. The molecule has 1 aromatic carbocycles. The monoisotopic (exact) mass is 301 g/mol. The quantitative estimate of drug-likeness (QED) is 0.369. The lowest BCUT2D eigenvalue weighted by Gasteiger charge is -2.55. The van der Waals surface area contributed by atoms with E-state index in [0.717, 1.165) is 19.3 Å². The first-order valence-electron chi connectivity index (χ1n) is 8.01. The lowest BCUT2D eigenvalue weighted by atomic mass is 9.49. The molecule has 0 spiro atoms. The molecule has 4 fully saturated rings. The van der Waals surface area contributed by atoms with Gasteiger partial charge in [-0.05, 0) is 62.3 Å². The van der Waals surface area contributed by atoms with E-state index in [2.05, 4.69) is 0 Å². The van der Waals surface area contributed by atoms with Crippen molar-refractivity contribution in [1.82, 2.24) is 0 Å². The number of carbonyl (C=O) groups excluding carboxylic acids is 1. The summed E-state index contributed by atoms with van der Waals surface area (Å²) in [6.45, 7) is 0. The number of ether oxygens (including phenoxy) is 1. The van der Waals surface area contributed by atoms with E-state index in [0.29, 0.717) is 17.8 Å². The number of esters is 1. The average molecular weight is 301 g/mol. The smallest absolute Gasteiger partial charge is 0.317 e. The maximum atomic E-state index is 12.8. The molecule has 0 aliphatic heterocycles. The summed E-state index contributed by atoms with van der Waals surface area (Å²) in [5, 5.41) is 11.1. The molecule has 0 unspecified atom stereocenters. The standard InChI is InChI=1S/C17H19NO4/c19-16(22-15-4-2-1-3-14(15)18(20)21)17-8-11-5-12(9-17)7-13(6-11)10-17/h1-4,11-13H,5-10H2. The van der Waals surface area contributed by atoms with Crippen LogP contribution >= 0.6 is 0 Å². The minimum atomic E-state index is -0.498. The van der Waals surface area contributed by atoms with Crippen molar-refractivity contribution in [1.29, 1.82) is 0 Å². The van der Waals surface area contributed by atoms with Crippen molar-refractivity contribution in [2.45, 2.75) is 38.5 Å². The summed E-state index contributed by atoms with van der Waals surface area (Å²) < 4.78 is 5.51. The van der Waals surface area contributed by atoms with Crippen LogP contribution in [0.1, 0.15) is 38.5 Å². The van der Waals surface area contributed by atoms with E-state index < -0.39 is 10.3 Å². The van der Waals surface area contributed by atoms with Gasteiger partial charge in [0.15, 0.2) is 0 Å². The lowest BCUT2D eigenvalue weighted by Crippen LogP contribution is -2.51. The maximum absolute atomic E-state index is 12.8. The normalized spacial score (nSPS) is 35.4. The van der Waals surface area contributed by atoms with Crippen LogP contribution < -0.4 is 4.74 Å². The second kappa shape index (κ2) is 4.80. The van der Waals surface area contributed by atoms with Crippen molar-refractivity contribution in [3.8, 4) is 5.75 Å². The molecule has 116 valence electrons. The first-order chi connectivity index (χ1) is 10.6. The third kappa shape index (κ3) is 2.11. The second-order valence-corrected chi connectivity index (χ2v) is 7.31. The van der Waals surface area contributed by atoms with Crippen molar-refractivity contribution < 1.29 is 14.5 Å². The van der Waals surface area contributed by atoms with Gasteiger partial charge in [0.2, 0.25) is 5.75 Å². The number of hydrogen-bond donors (Lipinski definition) is 0. The van der Waals surface area contributed by atoms with Crippen molar-refractivity contribution in [2.24, 2.45) is 23.2 Å². The van der Waals surface area contributed by atoms with Crippen molar-refractivity contribution >= 4 is 11.7 Å². The summed E-state index contributed by atoms with van der Waals surface area (Å²) in [7, 11) is 0. The zero-order valence-corrected chi connectivity index (χ0v) is 12.4. The Balaban J connectivity index is 1.59. The first-order valence-corrected chi connectivity index (χ1v) is 8.01. The van der Waals surface area contributed by atoms with Gasteiger partial charge in [0.25, 0.3) is 0 Å². The molecular weight excluding hydrogens is 282 g/mol. The van der Waals surface area contributed by atoms with Crippen molar-refractivity contribution in [2.75, 3.05) is 0 Å². The van der Waals surface area contributed by atoms with Crippen LogP contribution in [0.4, 0.5) is 5.69 Å². The van der Waals surface area contributed by atoms with Gasteiger partial charge in [-0.15, -0.1) is 0 Å². The van der Waals surface area contributed by atoms with Gasteiger partial charge in [-0.25, -0.2) is 0 Å². The summed E-state index contributed by atoms with van der Waals surface area (Å²) in [5.74, 6) is 1.76. The highest BCUT2D eigenvalue weighted by atomic mass is 16.6. The van der Waals surface area contributed by atoms with E-state index >= 15 is 0 Å². The molecule has 0 amide bonds. The molecule has 4 aliphatic rings. The van der Waals surface area contributed by atoms with Crippen LogP contribution in [0.5, 0.6) is 5.75 Å². The zero-order valence-electron chi connectivity index (χ0n) is 12.4. The van der Waals surface area contributed by atoms with E-state index in [9.17, 15) is 14.9 Å². The molecular formula is C17H19NO4. The number of nitro groups is 1. The molecule has 5 rings (SSSR count). The Hall–Kier alpha value is -1.91. The minimum Gasteiger partial charge on any atom is -0.419 e. The first kappa shape index (κ1) is 13.7. The topological polar surface area (TPSA) is 69.4 Å². The molecule has 22 heavy (non-hydrogen) atoms. The molecule has 5 nitrogen and oxygen atoms in total. The SMILES string of the molecule is O=C(Oc1ccccc1[N+](=O)[O-])C12CC3CC(CC(C3)C1)C2. The van der Waals surface area contributed by atoms with E-state index in [-0.39, 0.29) is 17.4 Å². The summed E-state index contributed by atoms with van der Waals surface area (Å²) in [6, 6.07) is 6.13. The van der Waals surface area contributed by atoms with Gasteiger partial charge in [-0.2, -0.15) is 0 Å². The molecule has 0 N–H and O–H groups in total. The highest BCUT2D eigenvalue weighted by Crippen LogP contribution is 2.60. The highest BCUT2D eigenvalue weighted by molar-refractivity contribution is 5.80. The molecule has 4 aliphatic carbocycles. The highest BCUT2D eigenvalue weighted by Gasteiger charge is 2.55. The van der Waals surface area contributed by atoms with Gasteiger partial charge in [0, 0.05) is 6.07 Å². The average Bonchev–Trinajstić information content (AvgIpc) is 2.46. The lowest BCUT2D eigenvalue weighted by molar-refractivity contribution is -0.385. The molecule has 1 aromatic rings. The Morgan fingerprint density at radius 3 is 2.18 bits per heavy atom. The Bertz CT molecular complexity index is 604. The van der Waals surface area contributed by atoms with Gasteiger partial charge in [0.1, 0.15) is 0 Å². The van der Waals surface area contributed by atoms with E-state index in [4.69, 9.17) is 4.74 Å². The number of nitro benzene ring substituents is 1. The number of rotatable bonds is 3. The number of benzene rings is 1. The Kier molecular flexibility index (Phi) is 2.99. The van der Waals surface area contributed by atoms with Crippen LogP contribution in [-0.4, -0.2) is 10.9 Å². The molecule has 0 radical (unpaired) electrons. The second-order valence-electron chi connectivity index (χ2n) is 7.31. The van der Waals surface area contributed by atoms with Gasteiger partial charge >= 0.3 is 11.7 Å². The van der Waals surface area contributed by atoms with Crippen LogP contribution in [-0.2, 0) is 4.79 Å². The van der Waals surface area contributed by atoms with E-state index in [1.54, 1.807) is 12.1 Å². The molecule has 0 atom stereocenters. The van der Waals surface area contributed by atoms with Crippen LogP contribution in [0.15, 0.2) is 24.3 Å². The summed E-state index contributed by atoms with van der Waals surface area (Å²) in [4.78, 5) is 23.4. The maximum Gasteiger partial charge on any atom is 0.317 e.